The Morgan fingerprint density at radius 3 is 2.20 bits per heavy atom. The van der Waals surface area contributed by atoms with Gasteiger partial charge in [0.1, 0.15) is 17.1 Å². The van der Waals surface area contributed by atoms with Gasteiger partial charge >= 0.3 is 30.8 Å². The molecule has 0 bridgehead atoms. The molecule has 0 aliphatic heterocycles. The number of carbonyl (C=O) groups excluding carboxylic acids is 1. The van der Waals surface area contributed by atoms with Crippen molar-refractivity contribution in [3.63, 3.8) is 0 Å². The fourth-order valence-corrected chi connectivity index (χ4v) is 4.68. The molecular formula is C30H30F8O7S. The predicted molar refractivity (Wildman–Crippen MR) is 151 cm³/mol. The summed E-state index contributed by atoms with van der Waals surface area (Å²) >= 11 is 0.304. The maximum absolute atomic E-state index is 14.2. The van der Waals surface area contributed by atoms with Crippen molar-refractivity contribution in [2.75, 3.05) is 19.5 Å². The lowest BCUT2D eigenvalue weighted by Crippen LogP contribution is -2.46. The predicted octanol–water partition coefficient (Wildman–Crippen LogP) is 9.39. The number of alkyl halides is 8. The van der Waals surface area contributed by atoms with E-state index < -0.39 is 43.1 Å². The molecule has 3 rings (SSSR count). The van der Waals surface area contributed by atoms with E-state index in [2.05, 4.69) is 32.5 Å². The van der Waals surface area contributed by atoms with Gasteiger partial charge in [-0.2, -0.15) is 17.6 Å². The van der Waals surface area contributed by atoms with E-state index in [0.717, 1.165) is 38.2 Å². The minimum absolute atomic E-state index is 0.108. The molecule has 0 N–H and O–H groups in total. The first-order chi connectivity index (χ1) is 21.3. The molecule has 2 aromatic carbocycles. The van der Waals surface area contributed by atoms with Gasteiger partial charge in [0.05, 0.1) is 18.4 Å². The van der Waals surface area contributed by atoms with Crippen molar-refractivity contribution in [2.45, 2.75) is 69.2 Å². The molecule has 0 atom stereocenters. The van der Waals surface area contributed by atoms with Crippen LogP contribution in [0.15, 0.2) is 63.9 Å². The molecule has 0 aliphatic carbocycles. The fraction of sp³-hybridized carbons (Fsp3) is 0.433. The molecule has 0 amide bonds. The first kappa shape index (κ1) is 37.1. The summed E-state index contributed by atoms with van der Waals surface area (Å²) in [6.45, 7) is 4.07. The monoisotopic (exact) mass is 686 g/mol. The summed E-state index contributed by atoms with van der Waals surface area (Å²) in [4.78, 5) is 11.2. The number of carbonyl (C=O) groups is 1. The Labute approximate surface area is 262 Å². The number of hydrogen-bond acceptors (Lipinski definition) is 8. The average molecular weight is 687 g/mol. The number of rotatable bonds is 18. The molecule has 1 heterocycles. The number of halogens is 8. The van der Waals surface area contributed by atoms with Crippen LogP contribution < -0.4 is 4.74 Å². The van der Waals surface area contributed by atoms with Crippen molar-refractivity contribution < 1.29 is 68.0 Å². The van der Waals surface area contributed by atoms with Crippen LogP contribution in [-0.2, 0) is 30.2 Å². The molecule has 0 fully saturated rings. The lowest BCUT2D eigenvalue weighted by Gasteiger charge is -2.27. The van der Waals surface area contributed by atoms with E-state index in [4.69, 9.17) is 9.15 Å². The number of hydrogen-bond donors (Lipinski definition) is 0. The van der Waals surface area contributed by atoms with E-state index in [1.165, 1.54) is 25.3 Å². The van der Waals surface area contributed by atoms with E-state index in [-0.39, 0.29) is 16.1 Å². The molecule has 254 valence electrons. The smallest absolute Gasteiger partial charge is 0.496 e. The first-order valence-corrected chi connectivity index (χ1v) is 14.6. The molecule has 0 radical (unpaired) electrons. The number of unbranched alkanes of at least 4 members (excludes halogenated alkanes) is 2. The summed E-state index contributed by atoms with van der Waals surface area (Å²) in [6, 6.07) is 11.6. The highest BCUT2D eigenvalue weighted by atomic mass is 32.2. The van der Waals surface area contributed by atoms with E-state index >= 15 is 0 Å². The Hall–Kier alpha value is -3.34. The third kappa shape index (κ3) is 11.2. The normalized spacial score (nSPS) is 12.8. The molecule has 0 saturated heterocycles. The van der Waals surface area contributed by atoms with Crippen molar-refractivity contribution in [2.24, 2.45) is 0 Å². The van der Waals surface area contributed by atoms with Crippen LogP contribution in [-0.4, -0.2) is 50.2 Å². The number of fused-ring (bicyclic) bond motifs is 1. The van der Waals surface area contributed by atoms with Gasteiger partial charge in [-0.1, -0.05) is 32.4 Å². The highest BCUT2D eigenvalue weighted by Crippen LogP contribution is 2.40. The summed E-state index contributed by atoms with van der Waals surface area (Å²) in [5.74, 6) is -1.97. The van der Waals surface area contributed by atoms with E-state index in [1.807, 2.05) is 18.2 Å². The first-order valence-electron chi connectivity index (χ1n) is 13.6. The van der Waals surface area contributed by atoms with E-state index in [9.17, 15) is 39.9 Å². The highest BCUT2D eigenvalue weighted by Gasteiger charge is 2.56. The van der Waals surface area contributed by atoms with Gasteiger partial charge in [-0.15, -0.1) is 29.3 Å². The zero-order chi connectivity index (χ0) is 34.3. The topological polar surface area (TPSA) is 76.4 Å². The molecule has 16 heteroatoms. The summed E-state index contributed by atoms with van der Waals surface area (Å²) in [5, 5.41) is 0.588. The quantitative estimate of drug-likeness (QED) is 0.0327. The fourth-order valence-electron chi connectivity index (χ4n) is 3.93. The zero-order valence-corrected chi connectivity index (χ0v) is 25.6. The molecule has 0 unspecified atom stereocenters. The maximum atomic E-state index is 14.2. The SMILES string of the molecule is C=C(C)C(=O)OCC(F)(F)OC(F)(F)OC(F)(F)OC(F)(F)CSc1ccc2cc(-c3ccc(CCCCC)cc3OC)oc2c1. The lowest BCUT2D eigenvalue weighted by molar-refractivity contribution is -0.572. The second-order valence-corrected chi connectivity index (χ2v) is 11.0. The maximum Gasteiger partial charge on any atom is 0.496 e. The minimum Gasteiger partial charge on any atom is -0.496 e. The van der Waals surface area contributed by atoms with Gasteiger partial charge in [0.15, 0.2) is 6.61 Å². The summed E-state index contributed by atoms with van der Waals surface area (Å²) < 4.78 is 134. The van der Waals surface area contributed by atoms with Crippen LogP contribution >= 0.6 is 11.8 Å². The molecule has 0 aliphatic rings. The van der Waals surface area contributed by atoms with E-state index in [1.54, 1.807) is 6.07 Å². The Morgan fingerprint density at radius 1 is 0.891 bits per heavy atom. The molecule has 7 nitrogen and oxygen atoms in total. The number of thioether (sulfide) groups is 1. The van der Waals surface area contributed by atoms with Crippen LogP contribution in [0.2, 0.25) is 0 Å². The summed E-state index contributed by atoms with van der Waals surface area (Å²) in [5.41, 5.74) is 1.60. The third-order valence-corrected chi connectivity index (χ3v) is 7.06. The second-order valence-electron chi connectivity index (χ2n) is 9.95. The van der Waals surface area contributed by atoms with Gasteiger partial charge in [-0.05, 0) is 61.7 Å². The van der Waals surface area contributed by atoms with Crippen LogP contribution in [0.4, 0.5) is 35.1 Å². The Kier molecular flexibility index (Phi) is 12.1. The van der Waals surface area contributed by atoms with Crippen LogP contribution in [0.25, 0.3) is 22.3 Å². The Bertz CT molecular complexity index is 1510. The number of aryl methyl sites for hydroxylation is 1. The summed E-state index contributed by atoms with van der Waals surface area (Å²) in [7, 11) is 1.51. The molecular weight excluding hydrogens is 656 g/mol. The van der Waals surface area contributed by atoms with Gasteiger partial charge in [0.2, 0.25) is 0 Å². The van der Waals surface area contributed by atoms with Crippen molar-refractivity contribution in [3.05, 3.63) is 60.2 Å². The average Bonchev–Trinajstić information content (AvgIpc) is 3.36. The van der Waals surface area contributed by atoms with Gasteiger partial charge in [-0.3, -0.25) is 0 Å². The molecule has 1 aromatic heterocycles. The minimum atomic E-state index is -5.86. The number of methoxy groups -OCH3 is 1. The molecule has 46 heavy (non-hydrogen) atoms. The second kappa shape index (κ2) is 15.0. The van der Waals surface area contributed by atoms with Crippen molar-refractivity contribution in [1.29, 1.82) is 0 Å². The standard InChI is InChI=1S/C30H30F8O7S/c1-5-6-7-8-19-9-12-22(24(13-19)40-4)25-14-20-10-11-21(15-23(20)42-25)46-17-28(33,34)44-30(37,38)45-29(35,36)43-27(31,32)16-41-26(39)18(2)3/h9-15H,2,5-8,16-17H2,1,3-4H3. The number of furan rings is 1. The molecule has 0 saturated carbocycles. The highest BCUT2D eigenvalue weighted by molar-refractivity contribution is 7.99. The number of benzene rings is 2. The van der Waals surface area contributed by atoms with Crippen LogP contribution in [0.3, 0.4) is 0 Å². The van der Waals surface area contributed by atoms with Gasteiger partial charge < -0.3 is 13.9 Å². The van der Waals surface area contributed by atoms with Crippen LogP contribution in [0, 0.1) is 0 Å². The Morgan fingerprint density at radius 2 is 1.57 bits per heavy atom. The van der Waals surface area contributed by atoms with Crippen LogP contribution in [0.1, 0.15) is 38.7 Å². The molecule has 0 spiro atoms. The van der Waals surface area contributed by atoms with Gasteiger partial charge in [0.25, 0.3) is 0 Å². The van der Waals surface area contributed by atoms with Crippen molar-refractivity contribution in [3.8, 4) is 17.1 Å². The largest absolute Gasteiger partial charge is 0.496 e. The zero-order valence-electron chi connectivity index (χ0n) is 24.8. The Balaban J connectivity index is 1.63. The van der Waals surface area contributed by atoms with E-state index in [0.29, 0.717) is 34.2 Å². The van der Waals surface area contributed by atoms with Gasteiger partial charge in [-0.25, -0.2) is 19.0 Å². The summed E-state index contributed by atoms with van der Waals surface area (Å²) in [6.07, 6.45) is -17.5. The van der Waals surface area contributed by atoms with Gasteiger partial charge in [0, 0.05) is 15.9 Å². The number of esters is 1. The van der Waals surface area contributed by atoms with Crippen molar-refractivity contribution >= 4 is 28.7 Å². The third-order valence-electron chi connectivity index (χ3n) is 5.99. The number of ether oxygens (including phenoxy) is 5. The molecule has 3 aromatic rings. The lowest BCUT2D eigenvalue weighted by atomic mass is 10.0. The van der Waals surface area contributed by atoms with Crippen molar-refractivity contribution in [1.82, 2.24) is 0 Å². The van der Waals surface area contributed by atoms with Crippen LogP contribution in [0.5, 0.6) is 5.75 Å².